The van der Waals surface area contributed by atoms with Crippen molar-refractivity contribution in [2.45, 2.75) is 33.6 Å². The molecule has 1 N–H and O–H groups in total. The van der Waals surface area contributed by atoms with Crippen LogP contribution in [-0.4, -0.2) is 76.0 Å². The Labute approximate surface area is 259 Å². The van der Waals surface area contributed by atoms with E-state index in [1.54, 1.807) is 71.6 Å². The van der Waals surface area contributed by atoms with Gasteiger partial charge in [0.1, 0.15) is 17.2 Å². The SMILES string of the molecule is CCN(CC)C(=O)Cc1csc(NC(=O)c2cc(OCC3CCN(C)C3=O)cc(Oc3ccc(-c4nnc(C)o4)cc3)c2)n1. The number of carbonyl (C=O) groups is 3. The van der Waals surface area contributed by atoms with Gasteiger partial charge >= 0.3 is 0 Å². The van der Waals surface area contributed by atoms with Gasteiger partial charge in [-0.1, -0.05) is 0 Å². The van der Waals surface area contributed by atoms with E-state index in [1.165, 1.54) is 11.3 Å². The van der Waals surface area contributed by atoms with E-state index >= 15 is 0 Å². The van der Waals surface area contributed by atoms with E-state index in [1.807, 2.05) is 13.8 Å². The van der Waals surface area contributed by atoms with Crippen molar-refractivity contribution >= 4 is 34.2 Å². The topological polar surface area (TPSA) is 140 Å². The van der Waals surface area contributed by atoms with Crippen molar-refractivity contribution in [2.24, 2.45) is 5.92 Å². The Morgan fingerprint density at radius 3 is 2.50 bits per heavy atom. The molecule has 0 radical (unpaired) electrons. The maximum absolute atomic E-state index is 13.3. The Bertz CT molecular complexity index is 1630. The number of aryl methyl sites for hydroxylation is 1. The molecule has 1 saturated heterocycles. The second-order valence-electron chi connectivity index (χ2n) is 10.3. The molecule has 2 aromatic heterocycles. The molecule has 0 bridgehead atoms. The number of thiazole rings is 1. The maximum Gasteiger partial charge on any atom is 0.257 e. The van der Waals surface area contributed by atoms with Gasteiger partial charge in [0.15, 0.2) is 5.13 Å². The van der Waals surface area contributed by atoms with Gasteiger partial charge in [0.2, 0.25) is 23.6 Å². The molecule has 0 aliphatic carbocycles. The predicted molar refractivity (Wildman–Crippen MR) is 164 cm³/mol. The summed E-state index contributed by atoms with van der Waals surface area (Å²) in [5.74, 6) is 1.48. The lowest BCUT2D eigenvalue weighted by molar-refractivity contribution is -0.131. The second kappa shape index (κ2) is 13.7. The molecule has 1 aliphatic rings. The van der Waals surface area contributed by atoms with Crippen LogP contribution in [0.5, 0.6) is 17.2 Å². The Balaban J connectivity index is 1.32. The third-order valence-electron chi connectivity index (χ3n) is 7.22. The average Bonchev–Trinajstić information content (AvgIpc) is 3.73. The number of amides is 3. The molecule has 230 valence electrons. The summed E-state index contributed by atoms with van der Waals surface area (Å²) in [5.41, 5.74) is 1.61. The van der Waals surface area contributed by atoms with Crippen molar-refractivity contribution in [3.63, 3.8) is 0 Å². The zero-order valence-electron chi connectivity index (χ0n) is 25.0. The average molecular weight is 619 g/mol. The minimum atomic E-state index is -0.421. The van der Waals surface area contributed by atoms with Crippen LogP contribution in [0, 0.1) is 12.8 Å². The number of anilines is 1. The highest BCUT2D eigenvalue weighted by atomic mass is 32.1. The molecule has 1 aliphatic heterocycles. The molecule has 2 aromatic carbocycles. The van der Waals surface area contributed by atoms with Crippen LogP contribution in [0.1, 0.15) is 42.2 Å². The van der Waals surface area contributed by atoms with Gasteiger partial charge in [0.25, 0.3) is 5.91 Å². The standard InChI is InChI=1S/C31H34N6O6S/c1-5-37(6-2)27(38)15-23-18-44-31(32-23)33-28(39)22-13-25(41-17-21-11-12-36(4)30(21)40)16-26(14-22)43-24-9-7-20(8-10-24)29-35-34-19(3)42-29/h7-10,13-14,16,18,21H,5-6,11-12,15,17H2,1-4H3,(H,32,33,39). The molecule has 1 atom stereocenters. The number of likely N-dealkylation sites (tertiary alicyclic amines) is 1. The number of likely N-dealkylation sites (N-methyl/N-ethyl adjacent to an activating group) is 1. The molecule has 1 fully saturated rings. The zero-order chi connectivity index (χ0) is 31.2. The summed E-state index contributed by atoms with van der Waals surface area (Å²) in [7, 11) is 1.77. The summed E-state index contributed by atoms with van der Waals surface area (Å²) in [6, 6.07) is 12.0. The Kier molecular flexibility index (Phi) is 9.53. The highest BCUT2D eigenvalue weighted by molar-refractivity contribution is 7.14. The highest BCUT2D eigenvalue weighted by Crippen LogP contribution is 2.31. The third kappa shape index (κ3) is 7.40. The number of aromatic nitrogens is 3. The van der Waals surface area contributed by atoms with Gasteiger partial charge < -0.3 is 23.7 Å². The summed E-state index contributed by atoms with van der Waals surface area (Å²) >= 11 is 1.25. The van der Waals surface area contributed by atoms with Gasteiger partial charge in [-0.05, 0) is 56.7 Å². The predicted octanol–water partition coefficient (Wildman–Crippen LogP) is 4.81. The van der Waals surface area contributed by atoms with Gasteiger partial charge in [0, 0.05) is 56.2 Å². The number of carbonyl (C=O) groups excluding carboxylic acids is 3. The van der Waals surface area contributed by atoms with Gasteiger partial charge in [-0.15, -0.1) is 21.5 Å². The molecule has 5 rings (SSSR count). The van der Waals surface area contributed by atoms with Gasteiger partial charge in [-0.25, -0.2) is 4.98 Å². The molecule has 0 saturated carbocycles. The van der Waals surface area contributed by atoms with E-state index in [9.17, 15) is 14.4 Å². The second-order valence-corrected chi connectivity index (χ2v) is 11.2. The zero-order valence-corrected chi connectivity index (χ0v) is 25.8. The Hall–Kier alpha value is -4.78. The van der Waals surface area contributed by atoms with Gasteiger partial charge in [-0.3, -0.25) is 19.7 Å². The van der Waals surface area contributed by atoms with Crippen molar-refractivity contribution in [1.29, 1.82) is 0 Å². The van der Waals surface area contributed by atoms with Crippen LogP contribution in [-0.2, 0) is 16.0 Å². The molecular weight excluding hydrogens is 584 g/mol. The van der Waals surface area contributed by atoms with Gasteiger partial charge in [0.05, 0.1) is 24.6 Å². The van der Waals surface area contributed by atoms with Crippen LogP contribution in [0.4, 0.5) is 5.13 Å². The smallest absolute Gasteiger partial charge is 0.257 e. The number of hydrogen-bond donors (Lipinski definition) is 1. The largest absolute Gasteiger partial charge is 0.493 e. The first-order valence-electron chi connectivity index (χ1n) is 14.4. The Morgan fingerprint density at radius 1 is 1.09 bits per heavy atom. The fourth-order valence-electron chi connectivity index (χ4n) is 4.76. The van der Waals surface area contributed by atoms with Crippen molar-refractivity contribution in [3.8, 4) is 28.7 Å². The molecule has 3 amide bonds. The number of benzene rings is 2. The summed E-state index contributed by atoms with van der Waals surface area (Å²) in [5, 5.41) is 12.8. The van der Waals surface area contributed by atoms with Crippen molar-refractivity contribution < 1.29 is 28.3 Å². The van der Waals surface area contributed by atoms with Crippen LogP contribution in [0.15, 0.2) is 52.3 Å². The van der Waals surface area contributed by atoms with Crippen molar-refractivity contribution in [3.05, 3.63) is 65.0 Å². The van der Waals surface area contributed by atoms with Crippen molar-refractivity contribution in [2.75, 3.05) is 38.6 Å². The van der Waals surface area contributed by atoms with Crippen LogP contribution in [0.25, 0.3) is 11.5 Å². The van der Waals surface area contributed by atoms with Crippen LogP contribution in [0.3, 0.4) is 0 Å². The number of nitrogens with zero attached hydrogens (tertiary/aromatic N) is 5. The molecule has 12 nitrogen and oxygen atoms in total. The summed E-state index contributed by atoms with van der Waals surface area (Å²) in [6.45, 7) is 7.70. The quantitative estimate of drug-likeness (QED) is 0.237. The number of nitrogens with one attached hydrogen (secondary N) is 1. The first-order valence-corrected chi connectivity index (χ1v) is 15.2. The molecule has 44 heavy (non-hydrogen) atoms. The van der Waals surface area contributed by atoms with E-state index in [4.69, 9.17) is 13.9 Å². The van der Waals surface area contributed by atoms with E-state index in [0.29, 0.717) is 65.9 Å². The van der Waals surface area contributed by atoms with Gasteiger partial charge in [-0.2, -0.15) is 0 Å². The molecular formula is C31H34N6O6S. The van der Waals surface area contributed by atoms with Crippen LogP contribution < -0.4 is 14.8 Å². The monoisotopic (exact) mass is 618 g/mol. The fraction of sp³-hybridized carbons (Fsp3) is 0.355. The molecule has 1 unspecified atom stereocenters. The first kappa shape index (κ1) is 30.7. The number of rotatable bonds is 12. The molecule has 0 spiro atoms. The highest BCUT2D eigenvalue weighted by Gasteiger charge is 2.29. The lowest BCUT2D eigenvalue weighted by Gasteiger charge is -2.17. The molecule has 3 heterocycles. The minimum absolute atomic E-state index is 0.0167. The van der Waals surface area contributed by atoms with E-state index in [2.05, 4.69) is 20.5 Å². The van der Waals surface area contributed by atoms with Crippen LogP contribution >= 0.6 is 11.3 Å². The minimum Gasteiger partial charge on any atom is -0.493 e. The summed E-state index contributed by atoms with van der Waals surface area (Å²) in [6.07, 6.45) is 0.864. The van der Waals surface area contributed by atoms with Crippen LogP contribution in [0.2, 0.25) is 0 Å². The maximum atomic E-state index is 13.3. The summed E-state index contributed by atoms with van der Waals surface area (Å²) < 4.78 is 17.6. The normalized spacial score (nSPS) is 14.5. The van der Waals surface area contributed by atoms with Crippen molar-refractivity contribution in [1.82, 2.24) is 25.0 Å². The van der Waals surface area contributed by atoms with E-state index < -0.39 is 5.91 Å². The summed E-state index contributed by atoms with van der Waals surface area (Å²) in [4.78, 5) is 46.1. The fourth-order valence-corrected chi connectivity index (χ4v) is 5.47. The first-order chi connectivity index (χ1) is 21.2. The molecule has 13 heteroatoms. The number of ether oxygens (including phenoxy) is 2. The number of hydrogen-bond acceptors (Lipinski definition) is 10. The Morgan fingerprint density at radius 2 is 1.84 bits per heavy atom. The molecule has 4 aromatic rings. The van der Waals surface area contributed by atoms with E-state index in [-0.39, 0.29) is 36.3 Å². The third-order valence-corrected chi connectivity index (χ3v) is 8.02. The lowest BCUT2D eigenvalue weighted by Crippen LogP contribution is -2.31. The lowest BCUT2D eigenvalue weighted by atomic mass is 10.1. The van der Waals surface area contributed by atoms with E-state index in [0.717, 1.165) is 5.56 Å².